The number of nitrogens with one attached hydrogen (secondary N) is 2. The highest BCUT2D eigenvalue weighted by atomic mass is 16.7. The highest BCUT2D eigenvalue weighted by Gasteiger charge is 2.45. The lowest BCUT2D eigenvalue weighted by molar-refractivity contribution is -0.278. The van der Waals surface area contributed by atoms with E-state index in [1.54, 1.807) is 19.1 Å². The van der Waals surface area contributed by atoms with Crippen LogP contribution in [0.4, 0.5) is 0 Å². The number of β-amino-alcohol motifs (C(OH)–C–C–N with tert-alkyl or cyclic N) is 1. The second-order valence-corrected chi connectivity index (χ2v) is 10.4. The van der Waals surface area contributed by atoms with E-state index >= 15 is 0 Å². The molecule has 6 atom stereocenters. The van der Waals surface area contributed by atoms with Crippen molar-refractivity contribution in [1.29, 1.82) is 0 Å². The molecule has 1 saturated heterocycles. The van der Waals surface area contributed by atoms with Gasteiger partial charge < -0.3 is 55.3 Å². The maximum atomic E-state index is 10.4. The van der Waals surface area contributed by atoms with Gasteiger partial charge in [-0.1, -0.05) is 26.0 Å². The minimum absolute atomic E-state index is 0.00952. The van der Waals surface area contributed by atoms with Crippen molar-refractivity contribution in [3.63, 3.8) is 0 Å². The van der Waals surface area contributed by atoms with Crippen molar-refractivity contribution >= 4 is 0 Å². The zero-order chi connectivity index (χ0) is 28.7. The van der Waals surface area contributed by atoms with Gasteiger partial charge in [0, 0.05) is 24.2 Å². The normalized spacial score (nSPS) is 24.6. The van der Waals surface area contributed by atoms with E-state index in [-0.39, 0.29) is 38.2 Å². The van der Waals surface area contributed by atoms with Crippen LogP contribution >= 0.6 is 0 Å². The summed E-state index contributed by atoms with van der Waals surface area (Å²) < 4.78 is 16.9. The van der Waals surface area contributed by atoms with Gasteiger partial charge in [0.05, 0.1) is 25.4 Å². The predicted octanol–water partition coefficient (Wildman–Crippen LogP) is -1.62. The van der Waals surface area contributed by atoms with Crippen LogP contribution in [0.3, 0.4) is 0 Å². The van der Waals surface area contributed by atoms with Crippen LogP contribution in [-0.4, -0.2) is 121 Å². The largest absolute Gasteiger partial charge is 0.491 e. The van der Waals surface area contributed by atoms with Gasteiger partial charge >= 0.3 is 0 Å². The number of aromatic amines is 1. The summed E-state index contributed by atoms with van der Waals surface area (Å²) in [5, 5.41) is 78.8. The van der Waals surface area contributed by atoms with Crippen LogP contribution in [-0.2, 0) is 11.2 Å². The second kappa shape index (κ2) is 13.8. The molecule has 3 rings (SSSR count). The van der Waals surface area contributed by atoms with Crippen molar-refractivity contribution in [3.8, 4) is 11.6 Å². The lowest BCUT2D eigenvalue weighted by Crippen LogP contribution is -2.60. The molecule has 1 aliphatic rings. The van der Waals surface area contributed by atoms with Gasteiger partial charge in [-0.2, -0.15) is 0 Å². The van der Waals surface area contributed by atoms with Crippen molar-refractivity contribution in [2.24, 2.45) is 0 Å². The van der Waals surface area contributed by atoms with Gasteiger partial charge in [-0.05, 0) is 30.5 Å². The molecule has 0 unspecified atom stereocenters. The topological polar surface area (TPSA) is 210 Å². The van der Waals surface area contributed by atoms with Gasteiger partial charge in [0.15, 0.2) is 0 Å². The van der Waals surface area contributed by atoms with E-state index in [1.165, 1.54) is 0 Å². The first-order valence-corrected chi connectivity index (χ1v) is 12.9. The van der Waals surface area contributed by atoms with Gasteiger partial charge in [0.2, 0.25) is 12.2 Å². The molecule has 0 saturated carbocycles. The van der Waals surface area contributed by atoms with Crippen molar-refractivity contribution < 1.29 is 50.0 Å². The Bertz CT molecular complexity index is 1010. The van der Waals surface area contributed by atoms with Crippen LogP contribution in [0.2, 0.25) is 0 Å². The smallest absolute Gasteiger partial charge is 0.238 e. The highest BCUT2D eigenvalue weighted by molar-refractivity contribution is 5.39. The summed E-state index contributed by atoms with van der Waals surface area (Å²) in [5.41, 5.74) is 1.53. The molecule has 2 aromatic rings. The zero-order valence-corrected chi connectivity index (χ0v) is 22.4. The van der Waals surface area contributed by atoms with Crippen LogP contribution in [0.25, 0.3) is 0 Å². The Morgan fingerprint density at radius 1 is 1.05 bits per heavy atom. The van der Waals surface area contributed by atoms with Crippen LogP contribution < -0.4 is 14.8 Å². The van der Waals surface area contributed by atoms with Gasteiger partial charge in [-0.25, -0.2) is 0 Å². The Balaban J connectivity index is 1.65. The number of aromatic nitrogens is 2. The highest BCUT2D eigenvalue weighted by Crippen LogP contribution is 2.31. The van der Waals surface area contributed by atoms with Gasteiger partial charge in [0.25, 0.3) is 0 Å². The summed E-state index contributed by atoms with van der Waals surface area (Å²) in [7, 11) is 0. The van der Waals surface area contributed by atoms with E-state index in [0.29, 0.717) is 17.7 Å². The molecule has 13 heteroatoms. The molecule has 1 aliphatic heterocycles. The van der Waals surface area contributed by atoms with Crippen LogP contribution in [0.15, 0.2) is 24.3 Å². The number of nitrogens with zero attached hydrogens (tertiary/aromatic N) is 1. The third-order valence-electron chi connectivity index (χ3n) is 6.72. The zero-order valence-electron chi connectivity index (χ0n) is 22.4. The summed E-state index contributed by atoms with van der Waals surface area (Å²) in [6.07, 6.45) is -7.52. The molecule has 39 heavy (non-hydrogen) atoms. The molecule has 2 heterocycles. The Hall–Kier alpha value is -2.33. The molecule has 0 spiro atoms. The number of rotatable bonds is 14. The lowest BCUT2D eigenvalue weighted by atomic mass is 9.98. The van der Waals surface area contributed by atoms with E-state index in [2.05, 4.69) is 15.5 Å². The monoisotopic (exact) mass is 555 g/mol. The molecule has 0 amide bonds. The molecule has 0 radical (unpaired) electrons. The van der Waals surface area contributed by atoms with Crippen molar-refractivity contribution in [1.82, 2.24) is 15.5 Å². The molecule has 1 aromatic heterocycles. The van der Waals surface area contributed by atoms with Crippen LogP contribution in [0.5, 0.6) is 11.6 Å². The summed E-state index contributed by atoms with van der Waals surface area (Å²) in [6.45, 7) is 4.63. The standard InChI is InChI=1S/C26H41N3O10/c1-14(2)20-18(24(29-28-20)39-25-23(36)22(35)21(34)19(10-30)38-25)8-15-4-6-17(7-5-15)37-11-16(33)9-27-26(3,12-31)13-32/h4-7,14,16,19,21-23,25,27,30-36H,8-13H2,1-3H3,(H,28,29)/t16-,19+,21+,22-,23+,25-/m0/s1. The fraction of sp³-hybridized carbons (Fsp3) is 0.654. The van der Waals surface area contributed by atoms with Crippen LogP contribution in [0.1, 0.15) is 43.5 Å². The number of H-pyrrole nitrogens is 1. The average molecular weight is 556 g/mol. The Morgan fingerprint density at radius 2 is 1.72 bits per heavy atom. The minimum atomic E-state index is -1.57. The average Bonchev–Trinajstić information content (AvgIpc) is 3.33. The molecule has 13 nitrogen and oxygen atoms in total. The predicted molar refractivity (Wildman–Crippen MR) is 138 cm³/mol. The first-order chi connectivity index (χ1) is 18.5. The summed E-state index contributed by atoms with van der Waals surface area (Å²) >= 11 is 0. The Labute approximate surface area is 227 Å². The first-order valence-electron chi connectivity index (χ1n) is 12.9. The number of hydrogen-bond donors (Lipinski definition) is 9. The van der Waals surface area contributed by atoms with Gasteiger partial charge in [-0.15, -0.1) is 5.10 Å². The summed E-state index contributed by atoms with van der Waals surface area (Å²) in [5.74, 6) is 0.770. The fourth-order valence-electron chi connectivity index (χ4n) is 4.07. The van der Waals surface area contributed by atoms with Gasteiger partial charge in [0.1, 0.15) is 42.9 Å². The lowest BCUT2D eigenvalue weighted by Gasteiger charge is -2.39. The summed E-state index contributed by atoms with van der Waals surface area (Å²) in [6, 6.07) is 7.22. The molecule has 9 N–H and O–H groups in total. The van der Waals surface area contributed by atoms with Crippen LogP contribution in [0, 0.1) is 0 Å². The molecule has 0 aliphatic carbocycles. The van der Waals surface area contributed by atoms with Gasteiger partial charge in [-0.3, -0.25) is 5.10 Å². The molecular weight excluding hydrogens is 514 g/mol. The number of ether oxygens (including phenoxy) is 3. The molecule has 0 bridgehead atoms. The van der Waals surface area contributed by atoms with E-state index < -0.39 is 49.0 Å². The third-order valence-corrected chi connectivity index (χ3v) is 6.72. The van der Waals surface area contributed by atoms with E-state index in [1.807, 2.05) is 26.0 Å². The summed E-state index contributed by atoms with van der Waals surface area (Å²) in [4.78, 5) is 0. The molecule has 220 valence electrons. The minimum Gasteiger partial charge on any atom is -0.491 e. The van der Waals surface area contributed by atoms with Crippen molar-refractivity contribution in [2.45, 2.75) is 75.5 Å². The fourth-order valence-corrected chi connectivity index (χ4v) is 4.07. The maximum Gasteiger partial charge on any atom is 0.238 e. The second-order valence-electron chi connectivity index (χ2n) is 10.4. The Morgan fingerprint density at radius 3 is 2.31 bits per heavy atom. The quantitative estimate of drug-likeness (QED) is 0.129. The van der Waals surface area contributed by atoms with E-state index in [0.717, 1.165) is 11.3 Å². The SMILES string of the molecule is CC(C)c1[nH]nc(O[C@@H]2O[C@H](CO)[C@@H](O)[C@H](O)[C@H]2O)c1Cc1ccc(OC[C@@H](O)CNC(C)(CO)CO)cc1. The number of benzene rings is 1. The number of hydrogen-bond acceptors (Lipinski definition) is 12. The molecule has 1 aromatic carbocycles. The number of aliphatic hydroxyl groups excluding tert-OH is 7. The van der Waals surface area contributed by atoms with E-state index in [9.17, 15) is 35.7 Å². The number of aliphatic hydroxyl groups is 7. The van der Waals surface area contributed by atoms with Crippen molar-refractivity contribution in [3.05, 3.63) is 41.1 Å². The first kappa shape index (κ1) is 31.2. The third kappa shape index (κ3) is 7.87. The van der Waals surface area contributed by atoms with Crippen molar-refractivity contribution in [2.75, 3.05) is 33.0 Å². The van der Waals surface area contributed by atoms with E-state index in [4.69, 9.17) is 14.2 Å². The molecule has 1 fully saturated rings. The maximum absolute atomic E-state index is 10.4. The Kier molecular flexibility index (Phi) is 11.1. The molecular formula is C26H41N3O10.